The van der Waals surface area contributed by atoms with Crippen LogP contribution in [0.25, 0.3) is 0 Å². The van der Waals surface area contributed by atoms with Crippen molar-refractivity contribution >= 4 is 0 Å². The van der Waals surface area contributed by atoms with Crippen molar-refractivity contribution in [3.63, 3.8) is 0 Å². The van der Waals surface area contributed by atoms with Gasteiger partial charge < -0.3 is 5.11 Å². The van der Waals surface area contributed by atoms with Crippen molar-refractivity contribution in [2.24, 2.45) is 11.3 Å². The van der Waals surface area contributed by atoms with Crippen molar-refractivity contribution in [2.75, 3.05) is 0 Å². The summed E-state index contributed by atoms with van der Waals surface area (Å²) >= 11 is 0. The summed E-state index contributed by atoms with van der Waals surface area (Å²) in [6, 6.07) is 0. The molecule has 0 radical (unpaired) electrons. The summed E-state index contributed by atoms with van der Waals surface area (Å²) < 4.78 is 0. The first-order valence-corrected chi connectivity index (χ1v) is 4.26. The molecule has 0 aromatic carbocycles. The van der Waals surface area contributed by atoms with E-state index < -0.39 is 5.60 Å². The minimum absolute atomic E-state index is 0.266. The standard InChI is InChI=1S/C10H18O/c1-8-7-9(2,3)5-6-10(8,4)11/h5-6,8,11H,7H2,1-4H3. The lowest BCUT2D eigenvalue weighted by Crippen LogP contribution is -2.37. The van der Waals surface area contributed by atoms with E-state index in [9.17, 15) is 5.11 Å². The van der Waals surface area contributed by atoms with Crippen LogP contribution < -0.4 is 0 Å². The zero-order chi connectivity index (χ0) is 8.70. The lowest BCUT2D eigenvalue weighted by molar-refractivity contribution is 0.0272. The molecule has 11 heavy (non-hydrogen) atoms. The molecular formula is C10H18O. The lowest BCUT2D eigenvalue weighted by Gasteiger charge is -2.38. The van der Waals surface area contributed by atoms with Crippen LogP contribution in [0, 0.1) is 11.3 Å². The second kappa shape index (κ2) is 2.34. The topological polar surface area (TPSA) is 20.2 Å². The second-order valence-corrected chi connectivity index (χ2v) is 4.65. The molecule has 1 N–H and O–H groups in total. The Morgan fingerprint density at radius 2 is 1.82 bits per heavy atom. The van der Waals surface area contributed by atoms with Gasteiger partial charge in [0.1, 0.15) is 0 Å². The molecule has 0 aromatic rings. The Kier molecular flexibility index (Phi) is 1.87. The number of hydrogen-bond acceptors (Lipinski definition) is 1. The average molecular weight is 154 g/mol. The third-order valence-corrected chi connectivity index (χ3v) is 2.70. The van der Waals surface area contributed by atoms with E-state index in [0.717, 1.165) is 6.42 Å². The Bertz CT molecular complexity index is 177. The fourth-order valence-corrected chi connectivity index (χ4v) is 1.62. The molecule has 2 unspecified atom stereocenters. The van der Waals surface area contributed by atoms with Crippen LogP contribution in [0.3, 0.4) is 0 Å². The van der Waals surface area contributed by atoms with Crippen molar-refractivity contribution in [1.29, 1.82) is 0 Å². The first-order chi connectivity index (χ1) is 4.83. The molecule has 0 fully saturated rings. The van der Waals surface area contributed by atoms with Gasteiger partial charge in [0.15, 0.2) is 0 Å². The van der Waals surface area contributed by atoms with Gasteiger partial charge in [0, 0.05) is 0 Å². The predicted molar refractivity (Wildman–Crippen MR) is 47.3 cm³/mol. The summed E-state index contributed by atoms with van der Waals surface area (Å²) in [6.45, 7) is 8.39. The maximum absolute atomic E-state index is 9.79. The molecule has 0 spiro atoms. The minimum atomic E-state index is -0.588. The van der Waals surface area contributed by atoms with Crippen LogP contribution in [0.1, 0.15) is 34.1 Å². The van der Waals surface area contributed by atoms with E-state index in [4.69, 9.17) is 0 Å². The SMILES string of the molecule is CC1CC(C)(C)C=CC1(C)O. The molecule has 1 rings (SSSR count). The molecule has 2 atom stereocenters. The molecule has 0 heterocycles. The van der Waals surface area contributed by atoms with Crippen LogP contribution in [-0.4, -0.2) is 10.7 Å². The van der Waals surface area contributed by atoms with Gasteiger partial charge in [0.25, 0.3) is 0 Å². The first-order valence-electron chi connectivity index (χ1n) is 4.26. The molecule has 1 heteroatoms. The molecule has 1 aliphatic carbocycles. The molecule has 0 bridgehead atoms. The molecule has 64 valence electrons. The third kappa shape index (κ3) is 1.84. The van der Waals surface area contributed by atoms with Crippen LogP contribution in [-0.2, 0) is 0 Å². The normalized spacial score (nSPS) is 42.5. The fourth-order valence-electron chi connectivity index (χ4n) is 1.62. The Balaban J connectivity index is 2.84. The van der Waals surface area contributed by atoms with E-state index in [2.05, 4.69) is 26.8 Å². The van der Waals surface area contributed by atoms with E-state index in [1.165, 1.54) is 0 Å². The van der Waals surface area contributed by atoms with Gasteiger partial charge in [-0.15, -0.1) is 0 Å². The van der Waals surface area contributed by atoms with Crippen molar-refractivity contribution in [1.82, 2.24) is 0 Å². The van der Waals surface area contributed by atoms with Gasteiger partial charge in [-0.2, -0.15) is 0 Å². The third-order valence-electron chi connectivity index (χ3n) is 2.70. The summed E-state index contributed by atoms with van der Waals surface area (Å²) in [4.78, 5) is 0. The lowest BCUT2D eigenvalue weighted by atomic mass is 9.71. The predicted octanol–water partition coefficient (Wildman–Crippen LogP) is 2.36. The molecule has 0 aromatic heterocycles. The highest BCUT2D eigenvalue weighted by Crippen LogP contribution is 2.38. The van der Waals surface area contributed by atoms with Crippen LogP contribution in [0.5, 0.6) is 0 Å². The van der Waals surface area contributed by atoms with Crippen molar-refractivity contribution in [3.05, 3.63) is 12.2 Å². The first kappa shape index (κ1) is 8.79. The zero-order valence-electron chi connectivity index (χ0n) is 7.89. The summed E-state index contributed by atoms with van der Waals surface area (Å²) in [7, 11) is 0. The molecule has 0 saturated carbocycles. The molecular weight excluding hydrogens is 136 g/mol. The van der Waals surface area contributed by atoms with Crippen molar-refractivity contribution in [2.45, 2.75) is 39.7 Å². The van der Waals surface area contributed by atoms with Gasteiger partial charge in [-0.3, -0.25) is 0 Å². The molecule has 1 nitrogen and oxygen atoms in total. The van der Waals surface area contributed by atoms with Gasteiger partial charge in [-0.05, 0) is 24.7 Å². The van der Waals surface area contributed by atoms with Gasteiger partial charge in [0.05, 0.1) is 5.60 Å². The highest BCUT2D eigenvalue weighted by atomic mass is 16.3. The quantitative estimate of drug-likeness (QED) is 0.531. The number of rotatable bonds is 0. The average Bonchev–Trinajstić information content (AvgIpc) is 1.81. The van der Waals surface area contributed by atoms with Crippen LogP contribution in [0.2, 0.25) is 0 Å². The summed E-state index contributed by atoms with van der Waals surface area (Å²) in [5.74, 6) is 0.363. The maximum atomic E-state index is 9.79. The molecule has 0 amide bonds. The van der Waals surface area contributed by atoms with Gasteiger partial charge in [-0.1, -0.05) is 32.9 Å². The molecule has 0 aliphatic heterocycles. The maximum Gasteiger partial charge on any atom is 0.0825 e. The van der Waals surface area contributed by atoms with Crippen LogP contribution >= 0.6 is 0 Å². The zero-order valence-corrected chi connectivity index (χ0v) is 7.89. The van der Waals surface area contributed by atoms with Gasteiger partial charge in [0.2, 0.25) is 0 Å². The van der Waals surface area contributed by atoms with E-state index in [-0.39, 0.29) is 5.41 Å². The highest BCUT2D eigenvalue weighted by molar-refractivity contribution is 5.11. The summed E-state index contributed by atoms with van der Waals surface area (Å²) in [5.41, 5.74) is -0.322. The second-order valence-electron chi connectivity index (χ2n) is 4.65. The number of hydrogen-bond donors (Lipinski definition) is 1. The Morgan fingerprint density at radius 3 is 2.18 bits per heavy atom. The number of aliphatic hydroxyl groups is 1. The van der Waals surface area contributed by atoms with Crippen molar-refractivity contribution < 1.29 is 5.11 Å². The van der Waals surface area contributed by atoms with Crippen LogP contribution in [0.4, 0.5) is 0 Å². The van der Waals surface area contributed by atoms with E-state index >= 15 is 0 Å². The van der Waals surface area contributed by atoms with Gasteiger partial charge >= 0.3 is 0 Å². The van der Waals surface area contributed by atoms with E-state index in [1.807, 2.05) is 13.0 Å². The Hall–Kier alpha value is -0.300. The largest absolute Gasteiger partial charge is 0.386 e. The van der Waals surface area contributed by atoms with E-state index in [1.54, 1.807) is 0 Å². The number of allylic oxidation sites excluding steroid dienone is 1. The molecule has 1 aliphatic rings. The monoisotopic (exact) mass is 154 g/mol. The van der Waals surface area contributed by atoms with E-state index in [0.29, 0.717) is 5.92 Å². The minimum Gasteiger partial charge on any atom is -0.386 e. The Labute approximate surface area is 69.1 Å². The van der Waals surface area contributed by atoms with Crippen LogP contribution in [0.15, 0.2) is 12.2 Å². The summed E-state index contributed by atoms with van der Waals surface area (Å²) in [5, 5.41) is 9.79. The smallest absolute Gasteiger partial charge is 0.0825 e. The fraction of sp³-hybridized carbons (Fsp3) is 0.800. The molecule has 0 saturated heterocycles. The highest BCUT2D eigenvalue weighted by Gasteiger charge is 2.34. The van der Waals surface area contributed by atoms with Crippen molar-refractivity contribution in [3.8, 4) is 0 Å². The summed E-state index contributed by atoms with van der Waals surface area (Å²) in [6.07, 6.45) is 5.12. The Morgan fingerprint density at radius 1 is 1.27 bits per heavy atom. The van der Waals surface area contributed by atoms with Gasteiger partial charge in [-0.25, -0.2) is 0 Å².